The fourth-order valence-corrected chi connectivity index (χ4v) is 4.12. The average molecular weight is 427 g/mol. The Morgan fingerprint density at radius 1 is 1.41 bits per heavy atom. The Kier molecular flexibility index (Phi) is 5.21. The molecule has 4 aromatic rings. The van der Waals surface area contributed by atoms with Crippen LogP contribution in [0.25, 0.3) is 27.8 Å². The first-order valence-electron chi connectivity index (χ1n) is 10.4. The van der Waals surface area contributed by atoms with Crippen molar-refractivity contribution >= 4 is 40.1 Å². The molecule has 0 aliphatic carbocycles. The van der Waals surface area contributed by atoms with Gasteiger partial charge in [0, 0.05) is 54.9 Å². The molecule has 160 valence electrons. The minimum absolute atomic E-state index is 0.0778. The molecule has 32 heavy (non-hydrogen) atoms. The van der Waals surface area contributed by atoms with Crippen molar-refractivity contribution in [2.45, 2.75) is 18.9 Å². The van der Waals surface area contributed by atoms with Gasteiger partial charge in [0.1, 0.15) is 17.5 Å². The Morgan fingerprint density at radius 2 is 2.34 bits per heavy atom. The molecule has 4 aromatic heterocycles. The minimum atomic E-state index is -0.0778. The van der Waals surface area contributed by atoms with Gasteiger partial charge in [-0.3, -0.25) is 0 Å². The van der Waals surface area contributed by atoms with Crippen LogP contribution in [0.3, 0.4) is 0 Å². The first-order chi connectivity index (χ1) is 15.8. The number of H-pyrrole nitrogens is 1. The molecule has 1 aliphatic heterocycles. The summed E-state index contributed by atoms with van der Waals surface area (Å²) in [5.41, 5.74) is 3.27. The number of anilines is 1. The fourth-order valence-electron chi connectivity index (χ4n) is 4.12. The number of rotatable bonds is 7. The summed E-state index contributed by atoms with van der Waals surface area (Å²) in [6.45, 7) is 1.51. The smallest absolute Gasteiger partial charge is 0.299 e. The van der Waals surface area contributed by atoms with E-state index in [2.05, 4.69) is 41.2 Å². The van der Waals surface area contributed by atoms with Crippen LogP contribution in [-0.2, 0) is 0 Å². The van der Waals surface area contributed by atoms with Crippen molar-refractivity contribution in [2.75, 3.05) is 18.0 Å². The number of fused-ring (bicyclic) bond motifs is 2. The highest BCUT2D eigenvalue weighted by atomic mass is 16.4. The Bertz CT molecular complexity index is 1300. The SMILES string of the molecule is N#CCC(N/C=C(\C=N)c1ncnc2[nH]ccc12)C1CCN(c2nc3cccnc3o2)C1. The number of nitriles is 1. The van der Waals surface area contributed by atoms with Gasteiger partial charge in [-0.25, -0.2) is 15.0 Å². The molecule has 2 atom stereocenters. The molecule has 0 saturated carbocycles. The van der Waals surface area contributed by atoms with Gasteiger partial charge in [0.05, 0.1) is 18.2 Å². The van der Waals surface area contributed by atoms with Crippen molar-refractivity contribution in [3.63, 3.8) is 0 Å². The van der Waals surface area contributed by atoms with Crippen molar-refractivity contribution in [1.29, 1.82) is 10.7 Å². The number of hydrogen-bond acceptors (Lipinski definition) is 9. The van der Waals surface area contributed by atoms with Gasteiger partial charge in [-0.15, -0.1) is 0 Å². The van der Waals surface area contributed by atoms with Gasteiger partial charge in [-0.2, -0.15) is 10.2 Å². The van der Waals surface area contributed by atoms with E-state index in [1.54, 1.807) is 18.6 Å². The monoisotopic (exact) mass is 427 g/mol. The van der Waals surface area contributed by atoms with E-state index >= 15 is 0 Å². The number of allylic oxidation sites excluding steroid dienone is 1. The first kappa shape index (κ1) is 19.7. The second kappa shape index (κ2) is 8.47. The lowest BCUT2D eigenvalue weighted by Crippen LogP contribution is -2.35. The van der Waals surface area contributed by atoms with E-state index in [-0.39, 0.29) is 12.0 Å². The highest BCUT2D eigenvalue weighted by Crippen LogP contribution is 2.28. The fraction of sp³-hybridized carbons (Fsp3) is 0.273. The number of hydrogen-bond donors (Lipinski definition) is 3. The number of oxazole rings is 1. The van der Waals surface area contributed by atoms with Crippen LogP contribution in [0.15, 0.2) is 47.5 Å². The molecular formula is C22H21N9O. The standard InChI is InChI=1S/C22H21N9O/c23-6-3-17(27-11-15(10-24)19-16-4-8-25-20(16)29-13-28-19)14-5-9-31(12-14)22-30-18-2-1-7-26-21(18)32-22/h1-2,4,7-8,10-11,13-14,17,24,27H,3,5,9,12H2,(H,25,28,29)/b15-11+,24-10?. The highest BCUT2D eigenvalue weighted by molar-refractivity contribution is 6.11. The number of pyridine rings is 1. The van der Waals surface area contributed by atoms with E-state index in [9.17, 15) is 5.26 Å². The van der Waals surface area contributed by atoms with E-state index in [4.69, 9.17) is 9.83 Å². The van der Waals surface area contributed by atoms with Crippen LogP contribution in [0.1, 0.15) is 18.5 Å². The number of nitrogens with one attached hydrogen (secondary N) is 3. The predicted octanol–water partition coefficient (Wildman–Crippen LogP) is 2.88. The lowest BCUT2D eigenvalue weighted by Gasteiger charge is -2.22. The summed E-state index contributed by atoms with van der Waals surface area (Å²) in [5, 5.41) is 21.5. The predicted molar refractivity (Wildman–Crippen MR) is 120 cm³/mol. The molecule has 1 aliphatic rings. The molecule has 10 heteroatoms. The second-order valence-corrected chi connectivity index (χ2v) is 7.66. The minimum Gasteiger partial charge on any atom is -0.404 e. The van der Waals surface area contributed by atoms with Crippen LogP contribution in [-0.4, -0.2) is 50.3 Å². The lowest BCUT2D eigenvalue weighted by atomic mass is 9.96. The maximum Gasteiger partial charge on any atom is 0.299 e. The maximum absolute atomic E-state index is 9.40. The lowest BCUT2D eigenvalue weighted by molar-refractivity contribution is 0.417. The third-order valence-electron chi connectivity index (χ3n) is 5.77. The van der Waals surface area contributed by atoms with Crippen molar-refractivity contribution in [1.82, 2.24) is 30.2 Å². The van der Waals surface area contributed by atoms with E-state index < -0.39 is 0 Å². The molecule has 3 N–H and O–H groups in total. The van der Waals surface area contributed by atoms with Crippen molar-refractivity contribution in [2.24, 2.45) is 5.92 Å². The Morgan fingerprint density at radius 3 is 3.19 bits per heavy atom. The van der Waals surface area contributed by atoms with E-state index in [1.165, 1.54) is 12.5 Å². The van der Waals surface area contributed by atoms with Gasteiger partial charge >= 0.3 is 0 Å². The zero-order chi connectivity index (χ0) is 21.9. The molecule has 0 bridgehead atoms. The topological polar surface area (TPSA) is 143 Å². The molecule has 10 nitrogen and oxygen atoms in total. The third kappa shape index (κ3) is 3.65. The highest BCUT2D eigenvalue weighted by Gasteiger charge is 2.31. The largest absolute Gasteiger partial charge is 0.404 e. The van der Waals surface area contributed by atoms with Gasteiger partial charge in [-0.05, 0) is 30.5 Å². The molecule has 5 rings (SSSR count). The third-order valence-corrected chi connectivity index (χ3v) is 5.77. The zero-order valence-electron chi connectivity index (χ0n) is 17.2. The van der Waals surface area contributed by atoms with Crippen molar-refractivity contribution < 1.29 is 4.42 Å². The van der Waals surface area contributed by atoms with E-state index in [1.807, 2.05) is 18.2 Å². The molecule has 1 saturated heterocycles. The normalized spacial score (nSPS) is 17.5. The molecular weight excluding hydrogens is 406 g/mol. The Labute approximate surface area is 183 Å². The second-order valence-electron chi connectivity index (χ2n) is 7.66. The Balaban J connectivity index is 1.34. The van der Waals surface area contributed by atoms with Crippen molar-refractivity contribution in [3.8, 4) is 6.07 Å². The quantitative estimate of drug-likeness (QED) is 0.382. The van der Waals surface area contributed by atoms with Crippen LogP contribution in [0.4, 0.5) is 6.01 Å². The summed E-state index contributed by atoms with van der Waals surface area (Å²) in [6, 6.07) is 8.36. The van der Waals surface area contributed by atoms with Crippen LogP contribution in [0.2, 0.25) is 0 Å². The molecule has 2 unspecified atom stereocenters. The van der Waals surface area contributed by atoms with Gasteiger partial charge < -0.3 is 25.0 Å². The Hall–Kier alpha value is -4.26. The van der Waals surface area contributed by atoms with Crippen LogP contribution >= 0.6 is 0 Å². The van der Waals surface area contributed by atoms with Crippen molar-refractivity contribution in [3.05, 3.63) is 48.8 Å². The van der Waals surface area contributed by atoms with E-state index in [0.717, 1.165) is 36.1 Å². The average Bonchev–Trinajstić information content (AvgIpc) is 3.57. The van der Waals surface area contributed by atoms with Gasteiger partial charge in [0.2, 0.25) is 5.71 Å². The molecule has 0 amide bonds. The zero-order valence-corrected chi connectivity index (χ0v) is 17.2. The molecule has 0 radical (unpaired) electrons. The van der Waals surface area contributed by atoms with Gasteiger partial charge in [0.25, 0.3) is 6.01 Å². The maximum atomic E-state index is 9.40. The van der Waals surface area contributed by atoms with Gasteiger partial charge in [0.15, 0.2) is 0 Å². The summed E-state index contributed by atoms with van der Waals surface area (Å²) in [4.78, 5) is 22.5. The number of nitrogens with zero attached hydrogens (tertiary/aromatic N) is 6. The summed E-state index contributed by atoms with van der Waals surface area (Å²) >= 11 is 0. The first-order valence-corrected chi connectivity index (χ1v) is 10.4. The summed E-state index contributed by atoms with van der Waals surface area (Å²) in [6.07, 6.45) is 9.23. The summed E-state index contributed by atoms with van der Waals surface area (Å²) < 4.78 is 5.81. The van der Waals surface area contributed by atoms with E-state index in [0.29, 0.717) is 29.4 Å². The molecule has 5 heterocycles. The molecule has 0 aromatic carbocycles. The summed E-state index contributed by atoms with van der Waals surface area (Å²) in [5.74, 6) is 0.221. The number of aromatic amines is 1. The van der Waals surface area contributed by atoms with Crippen LogP contribution in [0.5, 0.6) is 0 Å². The molecule has 1 fully saturated rings. The van der Waals surface area contributed by atoms with Crippen LogP contribution < -0.4 is 10.2 Å². The van der Waals surface area contributed by atoms with Gasteiger partial charge in [-0.1, -0.05) is 0 Å². The number of aromatic nitrogens is 5. The molecule has 0 spiro atoms. The van der Waals surface area contributed by atoms with Crippen LogP contribution in [0, 0.1) is 22.7 Å². The summed E-state index contributed by atoms with van der Waals surface area (Å²) in [7, 11) is 0.